The molecule has 1 amide bonds. The van der Waals surface area contributed by atoms with Gasteiger partial charge in [0.15, 0.2) is 0 Å². The highest BCUT2D eigenvalue weighted by molar-refractivity contribution is 6.01. The number of primary amides is 1. The van der Waals surface area contributed by atoms with Crippen LogP contribution in [-0.2, 0) is 0 Å². The number of aryl methyl sites for hydroxylation is 1. The molecule has 122 valence electrons. The second-order valence-corrected chi connectivity index (χ2v) is 6.28. The molecule has 0 bridgehead atoms. The summed E-state index contributed by atoms with van der Waals surface area (Å²) < 4.78 is 27.4. The van der Waals surface area contributed by atoms with E-state index < -0.39 is 17.7 Å². The van der Waals surface area contributed by atoms with Crippen molar-refractivity contribution in [3.63, 3.8) is 0 Å². The first-order chi connectivity index (χ1) is 10.8. The minimum Gasteiger partial charge on any atom is -0.365 e. The van der Waals surface area contributed by atoms with Crippen molar-refractivity contribution in [2.75, 3.05) is 18.0 Å². The molecule has 0 aliphatic carbocycles. The average Bonchev–Trinajstić information content (AvgIpc) is 2.48. The Morgan fingerprint density at radius 2 is 2.13 bits per heavy atom. The van der Waals surface area contributed by atoms with Gasteiger partial charge in [0.1, 0.15) is 5.82 Å². The number of carbonyl (C=O) groups excluding carboxylic acids is 1. The number of pyridine rings is 1. The van der Waals surface area contributed by atoms with Gasteiger partial charge in [-0.25, -0.2) is 13.8 Å². The van der Waals surface area contributed by atoms with Crippen LogP contribution >= 0.6 is 0 Å². The molecular formula is C17H19F2N3O. The molecule has 1 aliphatic heterocycles. The van der Waals surface area contributed by atoms with Crippen molar-refractivity contribution >= 4 is 22.6 Å². The van der Waals surface area contributed by atoms with E-state index in [0.29, 0.717) is 5.82 Å². The first-order valence-corrected chi connectivity index (χ1v) is 7.62. The number of alkyl halides is 2. The fourth-order valence-corrected chi connectivity index (χ4v) is 2.97. The topological polar surface area (TPSA) is 59.2 Å². The number of aromatic nitrogens is 1. The SMILES string of the molecule is Cc1ccc2cc(C(N)=O)c(N3CCC(F)(F)C(C)C3)nc2c1. The Morgan fingerprint density at radius 3 is 2.78 bits per heavy atom. The normalized spacial score (nSPS) is 20.7. The van der Waals surface area contributed by atoms with Gasteiger partial charge in [0, 0.05) is 30.8 Å². The number of nitrogens with zero attached hydrogens (tertiary/aromatic N) is 2. The molecule has 6 heteroatoms. The lowest BCUT2D eigenvalue weighted by Crippen LogP contribution is -2.46. The molecule has 1 aromatic carbocycles. The first-order valence-electron chi connectivity index (χ1n) is 7.62. The zero-order valence-corrected chi connectivity index (χ0v) is 13.1. The number of halogens is 2. The summed E-state index contributed by atoms with van der Waals surface area (Å²) in [5.41, 5.74) is 7.53. The summed E-state index contributed by atoms with van der Waals surface area (Å²) >= 11 is 0. The van der Waals surface area contributed by atoms with E-state index in [9.17, 15) is 13.6 Å². The summed E-state index contributed by atoms with van der Waals surface area (Å²) in [6.07, 6.45) is -0.250. The quantitative estimate of drug-likeness (QED) is 0.925. The van der Waals surface area contributed by atoms with Gasteiger partial charge < -0.3 is 10.6 Å². The molecule has 0 radical (unpaired) electrons. The summed E-state index contributed by atoms with van der Waals surface area (Å²) in [7, 11) is 0. The van der Waals surface area contributed by atoms with Gasteiger partial charge in [0.05, 0.1) is 11.1 Å². The summed E-state index contributed by atoms with van der Waals surface area (Å²) in [6.45, 7) is 3.77. The maximum absolute atomic E-state index is 13.7. The lowest BCUT2D eigenvalue weighted by Gasteiger charge is -2.37. The largest absolute Gasteiger partial charge is 0.365 e. The van der Waals surface area contributed by atoms with E-state index in [4.69, 9.17) is 5.73 Å². The smallest absolute Gasteiger partial charge is 0.254 e. The fraction of sp³-hybridized carbons (Fsp3) is 0.412. The minimum absolute atomic E-state index is 0.150. The number of carbonyl (C=O) groups is 1. The van der Waals surface area contributed by atoms with Crippen molar-refractivity contribution in [2.24, 2.45) is 11.7 Å². The molecule has 2 aromatic rings. The zero-order valence-electron chi connectivity index (χ0n) is 13.1. The van der Waals surface area contributed by atoms with E-state index in [1.807, 2.05) is 25.1 Å². The molecule has 1 aliphatic rings. The van der Waals surface area contributed by atoms with Crippen LogP contribution in [0.4, 0.5) is 14.6 Å². The van der Waals surface area contributed by atoms with Crippen molar-refractivity contribution in [2.45, 2.75) is 26.2 Å². The maximum atomic E-state index is 13.7. The zero-order chi connectivity index (χ0) is 16.8. The molecule has 1 unspecified atom stereocenters. The van der Waals surface area contributed by atoms with Gasteiger partial charge in [-0.05, 0) is 24.6 Å². The molecule has 4 nitrogen and oxygen atoms in total. The Labute approximate surface area is 133 Å². The van der Waals surface area contributed by atoms with Gasteiger partial charge in [-0.3, -0.25) is 4.79 Å². The monoisotopic (exact) mass is 319 g/mol. The second-order valence-electron chi connectivity index (χ2n) is 6.28. The predicted octanol–water partition coefficient (Wildman–Crippen LogP) is 3.12. The Kier molecular flexibility index (Phi) is 3.70. The number of piperidine rings is 1. The molecule has 3 rings (SSSR count). The third kappa shape index (κ3) is 2.85. The number of anilines is 1. The molecule has 1 saturated heterocycles. The van der Waals surface area contributed by atoms with Crippen LogP contribution in [0, 0.1) is 12.8 Å². The summed E-state index contributed by atoms with van der Waals surface area (Å²) in [5, 5.41) is 0.809. The van der Waals surface area contributed by atoms with E-state index >= 15 is 0 Å². The standard InChI is InChI=1S/C17H19F2N3O/c1-10-3-4-12-8-13(15(20)23)16(21-14(12)7-10)22-6-5-17(18,19)11(2)9-22/h3-4,7-8,11H,5-6,9H2,1-2H3,(H2,20,23). The number of hydrogen-bond donors (Lipinski definition) is 1. The van der Waals surface area contributed by atoms with Crippen molar-refractivity contribution in [1.29, 1.82) is 0 Å². The van der Waals surface area contributed by atoms with Gasteiger partial charge in [-0.1, -0.05) is 19.1 Å². The Bertz CT molecular complexity index is 776. The van der Waals surface area contributed by atoms with Crippen LogP contribution < -0.4 is 10.6 Å². The van der Waals surface area contributed by atoms with Gasteiger partial charge >= 0.3 is 0 Å². The Balaban J connectivity index is 2.08. The summed E-state index contributed by atoms with van der Waals surface area (Å²) in [4.78, 5) is 18.1. The average molecular weight is 319 g/mol. The van der Waals surface area contributed by atoms with Crippen molar-refractivity contribution in [3.05, 3.63) is 35.4 Å². The van der Waals surface area contributed by atoms with E-state index in [1.54, 1.807) is 11.0 Å². The number of hydrogen-bond acceptors (Lipinski definition) is 3. The summed E-state index contributed by atoms with van der Waals surface area (Å²) in [5.74, 6) is -3.68. The molecule has 2 N–H and O–H groups in total. The first kappa shape index (κ1) is 15.6. The lowest BCUT2D eigenvalue weighted by atomic mass is 9.95. The molecular weight excluding hydrogens is 300 g/mol. The van der Waals surface area contributed by atoms with Crippen molar-refractivity contribution in [3.8, 4) is 0 Å². The molecule has 0 saturated carbocycles. The molecule has 1 fully saturated rings. The summed E-state index contributed by atoms with van der Waals surface area (Å²) in [6, 6.07) is 7.40. The van der Waals surface area contributed by atoms with Crippen LogP contribution in [0.3, 0.4) is 0 Å². The third-order valence-electron chi connectivity index (χ3n) is 4.45. The predicted molar refractivity (Wildman–Crippen MR) is 85.9 cm³/mol. The second kappa shape index (κ2) is 5.44. The number of benzene rings is 1. The van der Waals surface area contributed by atoms with Crippen LogP contribution in [0.2, 0.25) is 0 Å². The molecule has 1 atom stereocenters. The van der Waals surface area contributed by atoms with Crippen molar-refractivity contribution in [1.82, 2.24) is 4.98 Å². The fourth-order valence-electron chi connectivity index (χ4n) is 2.97. The third-order valence-corrected chi connectivity index (χ3v) is 4.45. The van der Waals surface area contributed by atoms with E-state index in [0.717, 1.165) is 16.5 Å². The van der Waals surface area contributed by atoms with E-state index in [-0.39, 0.29) is 25.1 Å². The lowest BCUT2D eigenvalue weighted by molar-refractivity contribution is -0.0652. The Hall–Kier alpha value is -2.24. The van der Waals surface area contributed by atoms with Crippen LogP contribution in [-0.4, -0.2) is 29.9 Å². The number of rotatable bonds is 2. The highest BCUT2D eigenvalue weighted by Crippen LogP contribution is 2.36. The van der Waals surface area contributed by atoms with Gasteiger partial charge in [0.25, 0.3) is 11.8 Å². The van der Waals surface area contributed by atoms with Gasteiger partial charge in [-0.2, -0.15) is 0 Å². The van der Waals surface area contributed by atoms with Crippen molar-refractivity contribution < 1.29 is 13.6 Å². The number of nitrogens with two attached hydrogens (primary N) is 1. The molecule has 1 aromatic heterocycles. The molecule has 2 heterocycles. The number of fused-ring (bicyclic) bond motifs is 1. The van der Waals surface area contributed by atoms with E-state index in [2.05, 4.69) is 4.98 Å². The Morgan fingerprint density at radius 1 is 1.39 bits per heavy atom. The minimum atomic E-state index is -2.68. The molecule has 23 heavy (non-hydrogen) atoms. The van der Waals surface area contributed by atoms with Crippen LogP contribution in [0.25, 0.3) is 10.9 Å². The van der Waals surface area contributed by atoms with Crippen LogP contribution in [0.1, 0.15) is 29.3 Å². The highest BCUT2D eigenvalue weighted by Gasteiger charge is 2.42. The van der Waals surface area contributed by atoms with Gasteiger partial charge in [-0.15, -0.1) is 0 Å². The van der Waals surface area contributed by atoms with Crippen LogP contribution in [0.5, 0.6) is 0 Å². The maximum Gasteiger partial charge on any atom is 0.254 e. The van der Waals surface area contributed by atoms with Crippen LogP contribution in [0.15, 0.2) is 24.3 Å². The van der Waals surface area contributed by atoms with Gasteiger partial charge in [0.2, 0.25) is 0 Å². The number of amides is 1. The highest BCUT2D eigenvalue weighted by atomic mass is 19.3. The van der Waals surface area contributed by atoms with E-state index in [1.165, 1.54) is 6.92 Å². The molecule has 0 spiro atoms.